The van der Waals surface area contributed by atoms with E-state index in [0.717, 1.165) is 6.42 Å². The van der Waals surface area contributed by atoms with E-state index in [1.54, 1.807) is 0 Å². The number of amides is 1. The largest absolute Gasteiger partial charge is 0.481 e. The molecule has 0 aliphatic carbocycles. The third-order valence-electron chi connectivity index (χ3n) is 2.83. The molecule has 1 rings (SSSR count). The predicted molar refractivity (Wildman–Crippen MR) is 72.6 cm³/mol. The van der Waals surface area contributed by atoms with Crippen LogP contribution in [-0.2, 0) is 16.1 Å². The second-order valence-electron chi connectivity index (χ2n) is 4.63. The van der Waals surface area contributed by atoms with E-state index in [1.807, 2.05) is 6.92 Å². The first-order valence-corrected chi connectivity index (χ1v) is 6.59. The molecule has 21 heavy (non-hydrogen) atoms. The lowest BCUT2D eigenvalue weighted by atomic mass is 10.1. The van der Waals surface area contributed by atoms with Gasteiger partial charge in [0.2, 0.25) is 12.2 Å². The van der Waals surface area contributed by atoms with Gasteiger partial charge in [-0.1, -0.05) is 13.3 Å². The number of nitro groups is 1. The summed E-state index contributed by atoms with van der Waals surface area (Å²) in [6.45, 7) is 2.16. The molecule has 0 spiro atoms. The molecule has 0 aromatic carbocycles. The number of nitrogens with zero attached hydrogens (tertiary/aromatic N) is 3. The van der Waals surface area contributed by atoms with Crippen molar-refractivity contribution in [1.82, 2.24) is 14.9 Å². The number of carboxylic acids is 1. The van der Waals surface area contributed by atoms with Gasteiger partial charge >= 0.3 is 11.8 Å². The molecule has 9 nitrogen and oxygen atoms in total. The van der Waals surface area contributed by atoms with Gasteiger partial charge in [0.1, 0.15) is 6.20 Å². The SMILES string of the molecule is CCCC(CC(=O)O)NC(=O)CCn1cnc([N+](=O)[O-])c1. The van der Waals surface area contributed by atoms with Crippen LogP contribution in [0, 0.1) is 10.1 Å². The Hall–Kier alpha value is -2.45. The van der Waals surface area contributed by atoms with Crippen LogP contribution >= 0.6 is 0 Å². The van der Waals surface area contributed by atoms with E-state index in [4.69, 9.17) is 5.11 Å². The highest BCUT2D eigenvalue weighted by molar-refractivity contribution is 5.77. The molecule has 0 aliphatic heterocycles. The Balaban J connectivity index is 2.44. The van der Waals surface area contributed by atoms with Gasteiger partial charge in [-0.05, 0) is 16.3 Å². The molecule has 0 saturated heterocycles. The molecule has 0 fully saturated rings. The molecule has 0 bridgehead atoms. The summed E-state index contributed by atoms with van der Waals surface area (Å²) in [5.74, 6) is -1.52. The molecule has 9 heteroatoms. The van der Waals surface area contributed by atoms with Crippen LogP contribution < -0.4 is 5.32 Å². The van der Waals surface area contributed by atoms with E-state index in [0.29, 0.717) is 6.42 Å². The van der Waals surface area contributed by atoms with Crippen LogP contribution in [0.25, 0.3) is 0 Å². The number of carboxylic acid groups (broad SMARTS) is 1. The summed E-state index contributed by atoms with van der Waals surface area (Å²) in [4.78, 5) is 35.9. The molecule has 0 saturated carbocycles. The van der Waals surface area contributed by atoms with Crippen LogP contribution in [0.1, 0.15) is 32.6 Å². The number of rotatable bonds is 9. The number of nitrogens with one attached hydrogen (secondary N) is 1. The van der Waals surface area contributed by atoms with Crippen LogP contribution in [0.4, 0.5) is 5.82 Å². The highest BCUT2D eigenvalue weighted by atomic mass is 16.6. The minimum atomic E-state index is -0.959. The average Bonchev–Trinajstić information content (AvgIpc) is 2.84. The van der Waals surface area contributed by atoms with Crippen molar-refractivity contribution in [2.24, 2.45) is 0 Å². The predicted octanol–water partition coefficient (Wildman–Crippen LogP) is 0.941. The van der Waals surface area contributed by atoms with E-state index in [-0.39, 0.29) is 31.1 Å². The van der Waals surface area contributed by atoms with Crippen LogP contribution in [0.2, 0.25) is 0 Å². The molecule has 0 aliphatic rings. The zero-order valence-corrected chi connectivity index (χ0v) is 11.7. The third-order valence-corrected chi connectivity index (χ3v) is 2.83. The van der Waals surface area contributed by atoms with Crippen LogP contribution in [0.3, 0.4) is 0 Å². The van der Waals surface area contributed by atoms with E-state index < -0.39 is 16.9 Å². The van der Waals surface area contributed by atoms with Crippen molar-refractivity contribution in [3.63, 3.8) is 0 Å². The Labute approximate surface area is 121 Å². The number of hydrogen-bond acceptors (Lipinski definition) is 5. The Morgan fingerprint density at radius 1 is 1.57 bits per heavy atom. The van der Waals surface area contributed by atoms with Crippen molar-refractivity contribution >= 4 is 17.7 Å². The van der Waals surface area contributed by atoms with E-state index in [2.05, 4.69) is 10.3 Å². The normalized spacial score (nSPS) is 11.9. The molecule has 1 aromatic rings. The topological polar surface area (TPSA) is 127 Å². The number of carbonyl (C=O) groups excluding carboxylic acids is 1. The van der Waals surface area contributed by atoms with Crippen molar-refractivity contribution in [2.75, 3.05) is 0 Å². The second-order valence-corrected chi connectivity index (χ2v) is 4.63. The maximum Gasteiger partial charge on any atom is 0.381 e. The number of hydrogen-bond donors (Lipinski definition) is 2. The van der Waals surface area contributed by atoms with E-state index in [1.165, 1.54) is 17.1 Å². The van der Waals surface area contributed by atoms with Gasteiger partial charge in [-0.25, -0.2) is 0 Å². The van der Waals surface area contributed by atoms with Crippen molar-refractivity contribution in [2.45, 2.75) is 45.2 Å². The van der Waals surface area contributed by atoms with Crippen LogP contribution in [-0.4, -0.2) is 37.5 Å². The van der Waals surface area contributed by atoms with Crippen LogP contribution in [0.15, 0.2) is 12.5 Å². The van der Waals surface area contributed by atoms with Crippen molar-refractivity contribution in [1.29, 1.82) is 0 Å². The summed E-state index contributed by atoms with van der Waals surface area (Å²) in [5.41, 5.74) is 0. The zero-order chi connectivity index (χ0) is 15.8. The first-order valence-electron chi connectivity index (χ1n) is 6.59. The summed E-state index contributed by atoms with van der Waals surface area (Å²) in [7, 11) is 0. The molecule has 1 heterocycles. The van der Waals surface area contributed by atoms with Gasteiger partial charge in [0, 0.05) is 19.0 Å². The Morgan fingerprint density at radius 2 is 2.29 bits per heavy atom. The van der Waals surface area contributed by atoms with Crippen LogP contribution in [0.5, 0.6) is 0 Å². The smallest absolute Gasteiger partial charge is 0.381 e. The first kappa shape index (κ1) is 16.6. The van der Waals surface area contributed by atoms with Gasteiger partial charge in [0.05, 0.1) is 6.42 Å². The third kappa shape index (κ3) is 6.02. The zero-order valence-electron chi connectivity index (χ0n) is 11.7. The number of imidazole rings is 1. The molecular weight excluding hydrogens is 280 g/mol. The maximum absolute atomic E-state index is 11.8. The second kappa shape index (κ2) is 7.98. The fourth-order valence-corrected chi connectivity index (χ4v) is 1.88. The fraction of sp³-hybridized carbons (Fsp3) is 0.583. The van der Waals surface area contributed by atoms with Crippen molar-refractivity contribution < 1.29 is 19.6 Å². The Kier molecular flexibility index (Phi) is 6.31. The lowest BCUT2D eigenvalue weighted by Crippen LogP contribution is -2.36. The lowest BCUT2D eigenvalue weighted by molar-refractivity contribution is -0.389. The summed E-state index contributed by atoms with van der Waals surface area (Å²) in [6, 6.07) is -0.392. The monoisotopic (exact) mass is 298 g/mol. The number of aromatic nitrogens is 2. The summed E-state index contributed by atoms with van der Waals surface area (Å²) in [6.07, 6.45) is 3.88. The van der Waals surface area contributed by atoms with Crippen molar-refractivity contribution in [3.05, 3.63) is 22.6 Å². The fourth-order valence-electron chi connectivity index (χ4n) is 1.88. The van der Waals surface area contributed by atoms with E-state index in [9.17, 15) is 19.7 Å². The highest BCUT2D eigenvalue weighted by Crippen LogP contribution is 2.07. The molecule has 1 amide bonds. The van der Waals surface area contributed by atoms with Gasteiger partial charge in [-0.15, -0.1) is 0 Å². The quantitative estimate of drug-likeness (QED) is 0.516. The van der Waals surface area contributed by atoms with E-state index >= 15 is 0 Å². The Morgan fingerprint density at radius 3 is 2.81 bits per heavy atom. The maximum atomic E-state index is 11.8. The van der Waals surface area contributed by atoms with Gasteiger partial charge in [0.15, 0.2) is 0 Å². The van der Waals surface area contributed by atoms with Crippen molar-refractivity contribution in [3.8, 4) is 0 Å². The molecule has 116 valence electrons. The number of carbonyl (C=O) groups is 2. The molecule has 0 radical (unpaired) electrons. The highest BCUT2D eigenvalue weighted by Gasteiger charge is 2.16. The van der Waals surface area contributed by atoms with Gasteiger partial charge in [0.25, 0.3) is 0 Å². The summed E-state index contributed by atoms with van der Waals surface area (Å²) in [5, 5.41) is 21.9. The van der Waals surface area contributed by atoms with Gasteiger partial charge in [-0.2, -0.15) is 0 Å². The average molecular weight is 298 g/mol. The molecule has 1 unspecified atom stereocenters. The first-order chi connectivity index (χ1) is 9.92. The summed E-state index contributed by atoms with van der Waals surface area (Å²) >= 11 is 0. The standard InChI is InChI=1S/C12H18N4O5/c1-2-3-9(6-12(18)19)14-11(17)4-5-15-7-10(13-8-15)16(20)21/h7-9H,2-6H2,1H3,(H,14,17)(H,18,19). The minimum Gasteiger partial charge on any atom is -0.481 e. The summed E-state index contributed by atoms with van der Waals surface area (Å²) < 4.78 is 1.45. The molecule has 1 atom stereocenters. The lowest BCUT2D eigenvalue weighted by Gasteiger charge is -2.15. The molecular formula is C12H18N4O5. The number of aliphatic carboxylic acids is 1. The minimum absolute atomic E-state index is 0.105. The number of aryl methyl sites for hydroxylation is 1. The molecule has 2 N–H and O–H groups in total. The van der Waals surface area contributed by atoms with Gasteiger partial charge in [-0.3, -0.25) is 9.59 Å². The Bertz CT molecular complexity index is 514. The van der Waals surface area contributed by atoms with Gasteiger partial charge < -0.3 is 25.1 Å². The molecule has 1 aromatic heterocycles.